The highest BCUT2D eigenvalue weighted by Gasteiger charge is 2.43. The molecule has 6 aliphatic rings. The van der Waals surface area contributed by atoms with Crippen molar-refractivity contribution in [3.63, 3.8) is 0 Å². The monoisotopic (exact) mass is 1210 g/mol. The van der Waals surface area contributed by atoms with Gasteiger partial charge in [0.15, 0.2) is 0 Å². The number of likely N-dealkylation sites (tertiary alicyclic amines) is 2. The Morgan fingerprint density at radius 3 is 1.34 bits per heavy atom. The largest absolute Gasteiger partial charge is 0.352 e. The van der Waals surface area contributed by atoms with Gasteiger partial charge in [-0.25, -0.2) is 8.78 Å². The zero-order valence-electron chi connectivity index (χ0n) is 52.9. The third-order valence-corrected chi connectivity index (χ3v) is 19.3. The van der Waals surface area contributed by atoms with E-state index in [0.717, 1.165) is 164 Å². The average Bonchev–Trinajstić information content (AvgIpc) is 1.69. The zero-order valence-corrected chi connectivity index (χ0v) is 52.9. The first-order chi connectivity index (χ1) is 42.1. The molecular formula is C68H96F2N12O6. The minimum atomic E-state index is -0.434. The molecule has 2 aromatic carbocycles. The molecule has 0 unspecified atom stereocenters. The van der Waals surface area contributed by atoms with Gasteiger partial charge in [-0.3, -0.25) is 48.4 Å². The number of benzene rings is 2. The van der Waals surface area contributed by atoms with Gasteiger partial charge >= 0.3 is 0 Å². The van der Waals surface area contributed by atoms with Gasteiger partial charge in [-0.15, -0.1) is 0 Å². The fraction of sp³-hybridized carbons (Fsp3) is 0.618. The predicted molar refractivity (Wildman–Crippen MR) is 341 cm³/mol. The minimum Gasteiger partial charge on any atom is -0.352 e. The van der Waals surface area contributed by atoms with E-state index in [1.54, 1.807) is 24.3 Å². The molecule has 2 aromatic heterocycles. The van der Waals surface area contributed by atoms with Crippen molar-refractivity contribution in [2.75, 3.05) is 101 Å². The van der Waals surface area contributed by atoms with Crippen molar-refractivity contribution in [2.45, 2.75) is 179 Å². The van der Waals surface area contributed by atoms with Gasteiger partial charge in [-0.2, -0.15) is 0 Å². The first kappa shape index (κ1) is 64.8. The van der Waals surface area contributed by atoms with Crippen molar-refractivity contribution in [2.24, 2.45) is 0 Å². The van der Waals surface area contributed by atoms with Gasteiger partial charge in [-0.1, -0.05) is 77.6 Å². The van der Waals surface area contributed by atoms with E-state index >= 15 is 0 Å². The lowest BCUT2D eigenvalue weighted by atomic mass is 9.91. The number of carbonyl (C=O) groups excluding carboxylic acids is 4. The molecule has 0 spiro atoms. The number of anilines is 2. The number of pyridine rings is 2. The molecule has 478 valence electrons. The number of piperazine rings is 2. The lowest BCUT2D eigenvalue weighted by molar-refractivity contribution is -0.123. The van der Waals surface area contributed by atoms with E-state index in [4.69, 9.17) is 0 Å². The van der Waals surface area contributed by atoms with Crippen molar-refractivity contribution in [1.29, 1.82) is 0 Å². The van der Waals surface area contributed by atoms with Crippen LogP contribution in [0.3, 0.4) is 0 Å². The number of nitrogens with zero attached hydrogens (tertiary/aromatic N) is 6. The molecular weight excluding hydrogens is 1120 g/mol. The SMILES string of the molecule is C[C@@H]1CN(CC(=O)N2CC(C)(C)c3[nH]c(=O)c(Cc4ccc(F)cc4)cc32)[C@@H](CN2CCC[C@@H](NC(=O)CCCCCCCCC(=O)N[C@@H]3CCCN(C[C@H]4CN[C@H](C)CN4CC(=O)N4CC(C)(C)c5[nH]c(=O)c(Cc6ccc(F)cc6)cc54)C3)C2)CN1. The Hall–Kier alpha value is -6.16. The molecule has 4 amide bonds. The Morgan fingerprint density at radius 2 is 0.943 bits per heavy atom. The van der Waals surface area contributed by atoms with Crippen molar-refractivity contribution in [3.05, 3.63) is 127 Å². The Labute approximate surface area is 518 Å². The first-order valence-electron chi connectivity index (χ1n) is 32.7. The maximum absolute atomic E-state index is 14.3. The van der Waals surface area contributed by atoms with E-state index in [0.29, 0.717) is 49.9 Å². The number of fused-ring (bicyclic) bond motifs is 2. The van der Waals surface area contributed by atoms with Gasteiger partial charge in [0.2, 0.25) is 23.6 Å². The number of halogens is 2. The number of hydrogen-bond donors (Lipinski definition) is 6. The van der Waals surface area contributed by atoms with Crippen molar-refractivity contribution in [1.82, 2.24) is 50.8 Å². The molecule has 8 heterocycles. The van der Waals surface area contributed by atoms with Gasteiger partial charge in [0, 0.05) is 161 Å². The van der Waals surface area contributed by atoms with Gasteiger partial charge < -0.3 is 41.0 Å². The van der Waals surface area contributed by atoms with Crippen LogP contribution in [0, 0.1) is 11.6 Å². The smallest absolute Gasteiger partial charge is 0.251 e. The number of rotatable bonds is 23. The molecule has 4 saturated heterocycles. The minimum absolute atomic E-state index is 0.00335. The number of amides is 4. The summed E-state index contributed by atoms with van der Waals surface area (Å²) in [6.07, 6.45) is 11.2. The zero-order chi connectivity index (χ0) is 62.3. The quantitative estimate of drug-likeness (QED) is 0.0469. The summed E-state index contributed by atoms with van der Waals surface area (Å²) in [5.74, 6) is -0.468. The molecule has 4 aromatic rings. The summed E-state index contributed by atoms with van der Waals surface area (Å²) in [6, 6.07) is 16.8. The summed E-state index contributed by atoms with van der Waals surface area (Å²) in [4.78, 5) is 101. The van der Waals surface area contributed by atoms with E-state index in [1.807, 2.05) is 49.6 Å². The van der Waals surface area contributed by atoms with E-state index < -0.39 is 10.8 Å². The number of piperidine rings is 2. The second-order valence-electron chi connectivity index (χ2n) is 27.8. The van der Waals surface area contributed by atoms with Gasteiger partial charge in [0.1, 0.15) is 11.6 Å². The highest BCUT2D eigenvalue weighted by Crippen LogP contribution is 2.41. The van der Waals surface area contributed by atoms with Crippen LogP contribution in [0.4, 0.5) is 20.2 Å². The molecule has 18 nitrogen and oxygen atoms in total. The van der Waals surface area contributed by atoms with E-state index in [9.17, 15) is 37.5 Å². The Kier molecular flexibility index (Phi) is 21.2. The van der Waals surface area contributed by atoms with Crippen LogP contribution in [0.2, 0.25) is 0 Å². The van der Waals surface area contributed by atoms with Crippen LogP contribution in [-0.4, -0.2) is 181 Å². The van der Waals surface area contributed by atoms with Crippen LogP contribution < -0.4 is 42.2 Å². The fourth-order valence-corrected chi connectivity index (χ4v) is 14.5. The molecule has 0 aliphatic carbocycles. The van der Waals surface area contributed by atoms with Gasteiger partial charge in [0.25, 0.3) is 11.1 Å². The van der Waals surface area contributed by atoms with E-state index in [-0.39, 0.29) is 95.7 Å². The molecule has 6 aliphatic heterocycles. The lowest BCUT2D eigenvalue weighted by Gasteiger charge is -2.43. The summed E-state index contributed by atoms with van der Waals surface area (Å²) in [6.45, 7) is 21.9. The fourth-order valence-electron chi connectivity index (χ4n) is 14.5. The summed E-state index contributed by atoms with van der Waals surface area (Å²) < 4.78 is 27.3. The number of carbonyl (C=O) groups is 4. The van der Waals surface area contributed by atoms with Crippen LogP contribution in [0.15, 0.2) is 70.3 Å². The topological polar surface area (TPSA) is 202 Å². The molecule has 4 fully saturated rings. The van der Waals surface area contributed by atoms with Gasteiger partial charge in [0.05, 0.1) is 24.5 Å². The Bertz CT molecular complexity index is 3000. The van der Waals surface area contributed by atoms with Crippen LogP contribution in [0.1, 0.15) is 152 Å². The number of hydrogen-bond acceptors (Lipinski definition) is 12. The molecule has 0 bridgehead atoms. The van der Waals surface area contributed by atoms with Crippen molar-refractivity contribution in [3.8, 4) is 0 Å². The Balaban J connectivity index is 0.607. The summed E-state index contributed by atoms with van der Waals surface area (Å²) in [5.41, 5.74) is 4.45. The molecule has 10 rings (SSSR count). The standard InChI is InChI=1S/C68H96F2N12O6/c1-45-35-79(41-61(85)81-43-67(3,4)63-57(81)31-49(65(87)75-63)29-47-19-23-51(69)24-20-47)55(33-71-45)39-77-27-13-15-53(37-77)73-59(83)17-11-9-7-8-10-12-18-60(84)74-54-16-14-28-78(38-54)40-56-34-72-46(2)36-80(56)42-62(86)82-44-68(5,6)64-58(82)32-50(66(88)76-64)30-48-21-25-52(70)26-22-48/h19-26,31-32,45-46,53-56,71-72H,7-18,27-30,33-44H2,1-6H3,(H,73,83)(H,74,84)(H,75,87)(H,76,88)/t45-,46-,53-,54-,55-,56-/m1/s1. The molecule has 88 heavy (non-hydrogen) atoms. The molecule has 6 atom stereocenters. The third-order valence-electron chi connectivity index (χ3n) is 19.3. The molecule has 0 radical (unpaired) electrons. The second-order valence-corrected chi connectivity index (χ2v) is 27.8. The first-order valence-corrected chi connectivity index (χ1v) is 32.7. The van der Waals surface area contributed by atoms with E-state index in [2.05, 4.69) is 64.7 Å². The Morgan fingerprint density at radius 1 is 0.557 bits per heavy atom. The second kappa shape index (κ2) is 28.8. The van der Waals surface area contributed by atoms with Crippen molar-refractivity contribution < 1.29 is 28.0 Å². The van der Waals surface area contributed by atoms with E-state index in [1.165, 1.54) is 24.3 Å². The maximum Gasteiger partial charge on any atom is 0.251 e. The van der Waals surface area contributed by atoms with Crippen LogP contribution in [-0.2, 0) is 42.8 Å². The average molecular weight is 1220 g/mol. The number of unbranched alkanes of at least 4 members (excludes halogenated alkanes) is 5. The summed E-state index contributed by atoms with van der Waals surface area (Å²) >= 11 is 0. The van der Waals surface area contributed by atoms with Crippen LogP contribution in [0.5, 0.6) is 0 Å². The summed E-state index contributed by atoms with van der Waals surface area (Å²) in [7, 11) is 0. The van der Waals surface area contributed by atoms with Crippen LogP contribution in [0.25, 0.3) is 0 Å². The summed E-state index contributed by atoms with van der Waals surface area (Å²) in [5, 5.41) is 13.9. The lowest BCUT2D eigenvalue weighted by Crippen LogP contribution is -2.62. The number of H-pyrrole nitrogens is 2. The molecule has 0 saturated carbocycles. The molecule has 20 heteroatoms. The van der Waals surface area contributed by atoms with Gasteiger partial charge in [-0.05, 0) is 113 Å². The van der Waals surface area contributed by atoms with Crippen LogP contribution >= 0.6 is 0 Å². The highest BCUT2D eigenvalue weighted by atomic mass is 19.1. The highest BCUT2D eigenvalue weighted by molar-refractivity contribution is 5.98. The van der Waals surface area contributed by atoms with Crippen molar-refractivity contribution >= 4 is 35.0 Å². The normalized spacial score (nSPS) is 24.0. The molecule has 6 N–H and O–H groups in total. The number of nitrogens with one attached hydrogen (secondary N) is 6. The third kappa shape index (κ3) is 16.6. The maximum atomic E-state index is 14.3. The number of aromatic amines is 2. The number of aromatic nitrogens is 2. The predicted octanol–water partition coefficient (Wildman–Crippen LogP) is 6.08.